The molecule has 3 N–H and O–H groups in total. The average Bonchev–Trinajstić information content (AvgIpc) is 3.28. The Morgan fingerprint density at radius 1 is 1.08 bits per heavy atom. The fraction of sp³-hybridized carbons (Fsp3) is 0.600. The predicted molar refractivity (Wildman–Crippen MR) is 144 cm³/mol. The topological polar surface area (TPSA) is 154 Å². The lowest BCUT2D eigenvalue weighted by Crippen LogP contribution is -2.34. The van der Waals surface area contributed by atoms with E-state index in [2.05, 4.69) is 20.4 Å². The highest BCUT2D eigenvalue weighted by Crippen LogP contribution is 2.24. The number of aromatic nitrogens is 3. The average molecular weight is 554 g/mol. The molecule has 212 valence electrons. The van der Waals surface area contributed by atoms with Gasteiger partial charge < -0.3 is 19.5 Å². The summed E-state index contributed by atoms with van der Waals surface area (Å²) in [5.41, 5.74) is 1.34. The monoisotopic (exact) mass is 553 g/mol. The van der Waals surface area contributed by atoms with E-state index in [0.29, 0.717) is 57.2 Å². The van der Waals surface area contributed by atoms with Gasteiger partial charge in [0, 0.05) is 30.8 Å². The van der Waals surface area contributed by atoms with Gasteiger partial charge in [-0.25, -0.2) is 13.7 Å². The number of carbonyl (C=O) groups excluding carboxylic acids is 2. The van der Waals surface area contributed by atoms with Gasteiger partial charge in [-0.3, -0.25) is 14.1 Å². The smallest absolute Gasteiger partial charge is 0.407 e. The van der Waals surface area contributed by atoms with E-state index in [1.54, 1.807) is 55.9 Å². The molecule has 0 aliphatic carbocycles. The molecule has 0 spiro atoms. The van der Waals surface area contributed by atoms with Crippen molar-refractivity contribution >= 4 is 28.8 Å². The minimum absolute atomic E-state index is 0.0202. The van der Waals surface area contributed by atoms with Crippen molar-refractivity contribution in [2.45, 2.75) is 59.1 Å². The molecule has 1 heterocycles. The van der Waals surface area contributed by atoms with Crippen LogP contribution in [0.3, 0.4) is 0 Å². The Hall–Kier alpha value is -2.87. The number of nitrogens with one attached hydrogen (secondary N) is 2. The van der Waals surface area contributed by atoms with E-state index >= 15 is 0 Å². The number of hydrogen-bond acceptors (Lipinski definition) is 8. The summed E-state index contributed by atoms with van der Waals surface area (Å²) in [6, 6.07) is 6.40. The Labute approximate surface area is 226 Å². The summed E-state index contributed by atoms with van der Waals surface area (Å²) in [5, 5.41) is 11.0. The Kier molecular flexibility index (Phi) is 12.8. The Bertz CT molecular complexity index is 1040. The van der Waals surface area contributed by atoms with Crippen molar-refractivity contribution in [2.24, 2.45) is 5.92 Å². The number of hydrogen-bond donors (Lipinski definition) is 3. The molecule has 12 nitrogen and oxygen atoms in total. The summed E-state index contributed by atoms with van der Waals surface area (Å²) < 4.78 is 39.9. The zero-order chi connectivity index (χ0) is 28.1. The van der Waals surface area contributed by atoms with Gasteiger partial charge in [0.1, 0.15) is 17.3 Å². The maximum absolute atomic E-state index is 13.0. The van der Waals surface area contributed by atoms with Crippen LogP contribution in [-0.2, 0) is 30.3 Å². The normalized spacial score (nSPS) is 13.2. The van der Waals surface area contributed by atoms with E-state index < -0.39 is 29.0 Å². The number of rotatable bonds is 16. The molecule has 0 fully saturated rings. The highest BCUT2D eigenvalue weighted by Gasteiger charge is 2.25. The summed E-state index contributed by atoms with van der Waals surface area (Å²) in [6.07, 6.45) is 2.18. The van der Waals surface area contributed by atoms with Crippen molar-refractivity contribution in [2.75, 3.05) is 37.7 Å². The summed E-state index contributed by atoms with van der Waals surface area (Å²) in [6.45, 7) is 11.2. The third-order valence-corrected chi connectivity index (χ3v) is 5.55. The molecule has 1 aromatic heterocycles. The fourth-order valence-electron chi connectivity index (χ4n) is 3.54. The van der Waals surface area contributed by atoms with Crippen LogP contribution in [0.25, 0.3) is 11.3 Å². The number of alkyl carbamates (subject to hydrolysis) is 1. The van der Waals surface area contributed by atoms with Crippen molar-refractivity contribution in [1.29, 1.82) is 0 Å². The van der Waals surface area contributed by atoms with Gasteiger partial charge in [0.2, 0.25) is 0 Å². The summed E-state index contributed by atoms with van der Waals surface area (Å²) >= 11 is -2.14. The highest BCUT2D eigenvalue weighted by atomic mass is 32.2. The van der Waals surface area contributed by atoms with Crippen molar-refractivity contribution < 1.29 is 32.6 Å². The van der Waals surface area contributed by atoms with E-state index in [1.165, 1.54) is 0 Å². The van der Waals surface area contributed by atoms with Crippen LogP contribution in [0.5, 0.6) is 0 Å². The molecular weight excluding hydrogens is 514 g/mol. The van der Waals surface area contributed by atoms with Gasteiger partial charge >= 0.3 is 6.09 Å². The summed E-state index contributed by atoms with van der Waals surface area (Å²) in [7, 11) is 0. The Morgan fingerprint density at radius 3 is 2.34 bits per heavy atom. The standard InChI is InChI=1S/C25H39N5O7S/c1-18(2)23(30-17-21(27-29-30)19-8-10-20(11-9-19)28-38(33)34)22(31)7-6-13-35-15-16-36-14-12-26-24(32)37-25(3,4)5/h8-11,17-18,23,28H,6-7,12-16H2,1-5H3,(H,26,32)(H,33,34)/t23-/m0/s1. The molecule has 1 amide bonds. The number of benzene rings is 1. The van der Waals surface area contributed by atoms with E-state index in [0.717, 1.165) is 5.56 Å². The number of Topliss-reactive ketones (excluding diaryl/α,β-unsaturated/α-hetero) is 1. The van der Waals surface area contributed by atoms with E-state index in [9.17, 15) is 13.8 Å². The molecule has 0 saturated carbocycles. The lowest BCUT2D eigenvalue weighted by molar-refractivity contribution is -0.124. The molecule has 2 rings (SSSR count). The molecule has 1 unspecified atom stereocenters. The van der Waals surface area contributed by atoms with Gasteiger partial charge in [0.05, 0.1) is 26.0 Å². The van der Waals surface area contributed by atoms with Crippen molar-refractivity contribution in [3.8, 4) is 11.3 Å². The molecule has 2 aromatic rings. The minimum Gasteiger partial charge on any atom is -0.444 e. The number of anilines is 1. The molecule has 0 radical (unpaired) electrons. The van der Waals surface area contributed by atoms with Gasteiger partial charge in [-0.15, -0.1) is 5.10 Å². The van der Waals surface area contributed by atoms with Crippen LogP contribution in [0.2, 0.25) is 0 Å². The van der Waals surface area contributed by atoms with Gasteiger partial charge in [-0.05, 0) is 45.2 Å². The SMILES string of the molecule is CC(C)[C@@H](C(=O)CCCOCCOCCNC(=O)OC(C)(C)C)n1cc(-c2ccc(NS(=O)O)cc2)nn1. The summed E-state index contributed by atoms with van der Waals surface area (Å²) in [4.78, 5) is 24.5. The molecule has 1 aromatic carbocycles. The molecule has 13 heteroatoms. The van der Waals surface area contributed by atoms with Gasteiger partial charge in [0.25, 0.3) is 11.3 Å². The predicted octanol–water partition coefficient (Wildman–Crippen LogP) is 3.60. The molecule has 0 saturated heterocycles. The van der Waals surface area contributed by atoms with Crippen LogP contribution in [0, 0.1) is 5.92 Å². The third-order valence-electron chi connectivity index (χ3n) is 5.14. The second-order valence-electron chi connectivity index (χ2n) is 9.92. The largest absolute Gasteiger partial charge is 0.444 e. The minimum atomic E-state index is -2.14. The van der Waals surface area contributed by atoms with E-state index in [1.807, 2.05) is 13.8 Å². The number of ketones is 1. The van der Waals surface area contributed by atoms with Crippen LogP contribution < -0.4 is 10.0 Å². The third kappa shape index (κ3) is 11.7. The van der Waals surface area contributed by atoms with Crippen molar-refractivity contribution in [3.05, 3.63) is 30.5 Å². The quantitative estimate of drug-likeness (QED) is 0.209. The lowest BCUT2D eigenvalue weighted by atomic mass is 9.97. The maximum atomic E-state index is 13.0. The van der Waals surface area contributed by atoms with Crippen molar-refractivity contribution in [1.82, 2.24) is 20.3 Å². The fourth-order valence-corrected chi connectivity index (χ4v) is 3.88. The second kappa shape index (κ2) is 15.5. The molecule has 0 aliphatic rings. The Morgan fingerprint density at radius 2 is 1.74 bits per heavy atom. The molecule has 0 aliphatic heterocycles. The van der Waals surface area contributed by atoms with E-state index in [-0.39, 0.29) is 11.7 Å². The van der Waals surface area contributed by atoms with Gasteiger partial charge in [-0.1, -0.05) is 31.2 Å². The molecular formula is C25H39N5O7S. The first-order valence-corrected chi connectivity index (χ1v) is 13.6. The number of nitrogens with zero attached hydrogens (tertiary/aromatic N) is 3. The van der Waals surface area contributed by atoms with Crippen LogP contribution in [0.1, 0.15) is 53.5 Å². The number of carbonyl (C=O) groups is 2. The zero-order valence-electron chi connectivity index (χ0n) is 22.6. The van der Waals surface area contributed by atoms with Gasteiger partial charge in [-0.2, -0.15) is 0 Å². The molecule has 38 heavy (non-hydrogen) atoms. The van der Waals surface area contributed by atoms with Crippen LogP contribution in [0.15, 0.2) is 30.5 Å². The zero-order valence-corrected chi connectivity index (χ0v) is 23.5. The summed E-state index contributed by atoms with van der Waals surface area (Å²) in [5.74, 6) is 0.0706. The number of ether oxygens (including phenoxy) is 3. The molecule has 2 atom stereocenters. The number of amides is 1. The van der Waals surface area contributed by atoms with E-state index in [4.69, 9.17) is 18.8 Å². The second-order valence-corrected chi connectivity index (χ2v) is 10.6. The lowest BCUT2D eigenvalue weighted by Gasteiger charge is -2.19. The van der Waals surface area contributed by atoms with Crippen LogP contribution in [-0.4, -0.2) is 74.2 Å². The van der Waals surface area contributed by atoms with Gasteiger partial charge in [0.15, 0.2) is 5.78 Å². The first-order valence-electron chi connectivity index (χ1n) is 12.5. The Balaban J connectivity index is 1.69. The van der Waals surface area contributed by atoms with Crippen molar-refractivity contribution in [3.63, 3.8) is 0 Å². The first kappa shape index (κ1) is 31.3. The maximum Gasteiger partial charge on any atom is 0.407 e. The first-order chi connectivity index (χ1) is 18.0. The molecule has 0 bridgehead atoms. The highest BCUT2D eigenvalue weighted by molar-refractivity contribution is 7.80. The van der Waals surface area contributed by atoms with Crippen LogP contribution in [0.4, 0.5) is 10.5 Å². The van der Waals surface area contributed by atoms with Crippen LogP contribution >= 0.6 is 0 Å².